The van der Waals surface area contributed by atoms with E-state index in [4.69, 9.17) is 9.47 Å². The van der Waals surface area contributed by atoms with Gasteiger partial charge in [0.2, 0.25) is 0 Å². The molecular formula is C38H60O8. The average Bonchev–Trinajstić information content (AvgIpc) is 3.42. The third-order valence-corrected chi connectivity index (χ3v) is 12.0. The Bertz CT molecular complexity index is 1190. The van der Waals surface area contributed by atoms with Crippen LogP contribution in [0.3, 0.4) is 0 Å². The van der Waals surface area contributed by atoms with Gasteiger partial charge >= 0.3 is 11.9 Å². The molecule has 0 aromatic heterocycles. The van der Waals surface area contributed by atoms with Crippen LogP contribution in [0.2, 0.25) is 0 Å². The normalized spacial score (nSPS) is 35.7. The standard InChI is InChI=1S/C38H60O8/c1-7-9-11-12-13-14-15-16-18-20-30(40)46-37-23-26(4)36-22-25(3)32(41)38(36,44)33(42)27(24-45-29(39)19-17-10-8-2)21-28(34(36)43)31(37)35(37,5)6/h21-22,26,28,31-33,41-42,44H,7-20,23-24H2,1-6H3/t26?,28-,31+,32-,33+,36?,37-,38+/m0/s1. The molecule has 8 nitrogen and oxygen atoms in total. The number of carbonyl (C=O) groups excluding carboxylic acids is 3. The quantitative estimate of drug-likeness (QED) is 0.0926. The van der Waals surface area contributed by atoms with Crippen molar-refractivity contribution in [3.8, 4) is 0 Å². The van der Waals surface area contributed by atoms with Gasteiger partial charge in [-0.1, -0.05) is 111 Å². The van der Waals surface area contributed by atoms with E-state index in [0.29, 0.717) is 24.8 Å². The van der Waals surface area contributed by atoms with E-state index < -0.39 is 58.0 Å². The molecule has 2 bridgehead atoms. The molecule has 0 saturated heterocycles. The maximum Gasteiger partial charge on any atom is 0.306 e. The Kier molecular flexibility index (Phi) is 11.7. The number of carbonyl (C=O) groups is 3. The molecule has 4 aliphatic rings. The molecule has 260 valence electrons. The summed E-state index contributed by atoms with van der Waals surface area (Å²) in [5.41, 5.74) is -4.75. The van der Waals surface area contributed by atoms with Crippen molar-refractivity contribution < 1.29 is 39.2 Å². The van der Waals surface area contributed by atoms with Gasteiger partial charge in [-0.2, -0.15) is 0 Å². The van der Waals surface area contributed by atoms with Crippen LogP contribution in [0.4, 0.5) is 0 Å². The molecule has 46 heavy (non-hydrogen) atoms. The minimum Gasteiger partial charge on any atom is -0.461 e. The number of esters is 2. The average molecular weight is 645 g/mol. The molecule has 2 unspecified atom stereocenters. The Labute approximate surface area is 276 Å². The molecule has 0 heterocycles. The van der Waals surface area contributed by atoms with Crippen LogP contribution < -0.4 is 0 Å². The third kappa shape index (κ3) is 6.27. The van der Waals surface area contributed by atoms with Gasteiger partial charge in [0, 0.05) is 30.1 Å². The summed E-state index contributed by atoms with van der Waals surface area (Å²) in [4.78, 5) is 40.7. The lowest BCUT2D eigenvalue weighted by Gasteiger charge is -2.48. The number of hydrogen-bond donors (Lipinski definition) is 3. The number of aliphatic hydroxyl groups excluding tert-OH is 2. The first-order valence-corrected chi connectivity index (χ1v) is 18.2. The van der Waals surface area contributed by atoms with E-state index in [-0.39, 0.29) is 30.4 Å². The molecule has 4 aliphatic carbocycles. The molecule has 0 amide bonds. The number of allylic oxidation sites excluding steroid dienone is 1. The van der Waals surface area contributed by atoms with Crippen molar-refractivity contribution in [2.24, 2.45) is 28.6 Å². The first kappa shape index (κ1) is 36.8. The zero-order chi connectivity index (χ0) is 33.9. The monoisotopic (exact) mass is 644 g/mol. The highest BCUT2D eigenvalue weighted by Gasteiger charge is 2.83. The van der Waals surface area contributed by atoms with E-state index >= 15 is 0 Å². The Morgan fingerprint density at radius 1 is 0.870 bits per heavy atom. The van der Waals surface area contributed by atoms with E-state index in [1.165, 1.54) is 38.5 Å². The minimum atomic E-state index is -2.26. The zero-order valence-electron chi connectivity index (χ0n) is 29.2. The number of hydrogen-bond acceptors (Lipinski definition) is 8. The van der Waals surface area contributed by atoms with Crippen molar-refractivity contribution in [2.45, 2.75) is 161 Å². The van der Waals surface area contributed by atoms with Gasteiger partial charge in [0.15, 0.2) is 5.78 Å². The number of ether oxygens (including phenoxy) is 2. The molecular weight excluding hydrogens is 584 g/mol. The van der Waals surface area contributed by atoms with Gasteiger partial charge in [-0.3, -0.25) is 14.4 Å². The molecule has 8 heteroatoms. The van der Waals surface area contributed by atoms with Crippen LogP contribution in [0.25, 0.3) is 0 Å². The van der Waals surface area contributed by atoms with Gasteiger partial charge in [-0.05, 0) is 43.3 Å². The fourth-order valence-electron chi connectivity index (χ4n) is 9.31. The second-order valence-electron chi connectivity index (χ2n) is 15.4. The van der Waals surface area contributed by atoms with Crippen molar-refractivity contribution in [3.63, 3.8) is 0 Å². The van der Waals surface area contributed by atoms with E-state index in [9.17, 15) is 29.7 Å². The lowest BCUT2D eigenvalue weighted by atomic mass is 9.59. The highest BCUT2D eigenvalue weighted by molar-refractivity contribution is 5.96. The molecule has 3 N–H and O–H groups in total. The van der Waals surface area contributed by atoms with Gasteiger partial charge in [-0.15, -0.1) is 0 Å². The maximum atomic E-state index is 14.8. The smallest absolute Gasteiger partial charge is 0.306 e. The van der Waals surface area contributed by atoms with Gasteiger partial charge in [0.05, 0.1) is 5.41 Å². The molecule has 0 aliphatic heterocycles. The van der Waals surface area contributed by atoms with Gasteiger partial charge in [0.1, 0.15) is 30.0 Å². The molecule has 8 atom stereocenters. The second kappa shape index (κ2) is 14.6. The van der Waals surface area contributed by atoms with Crippen molar-refractivity contribution >= 4 is 17.7 Å². The molecule has 0 aromatic carbocycles. The van der Waals surface area contributed by atoms with Crippen LogP contribution in [0.15, 0.2) is 23.3 Å². The molecule has 0 radical (unpaired) electrons. The van der Waals surface area contributed by atoms with Crippen molar-refractivity contribution in [1.82, 2.24) is 0 Å². The number of aliphatic hydroxyl groups is 3. The van der Waals surface area contributed by atoms with Crippen molar-refractivity contribution in [3.05, 3.63) is 23.3 Å². The summed E-state index contributed by atoms with van der Waals surface area (Å²) in [7, 11) is 0. The van der Waals surface area contributed by atoms with E-state index in [2.05, 4.69) is 6.92 Å². The number of fused-ring (bicyclic) bond motifs is 3. The van der Waals surface area contributed by atoms with Crippen LogP contribution in [0, 0.1) is 28.6 Å². The topological polar surface area (TPSA) is 130 Å². The highest BCUT2D eigenvalue weighted by atomic mass is 16.6. The first-order chi connectivity index (χ1) is 21.8. The van der Waals surface area contributed by atoms with E-state index in [1.54, 1.807) is 19.1 Å². The number of Topliss-reactive ketones (excluding diaryl/α,β-unsaturated/α-hetero) is 1. The van der Waals surface area contributed by atoms with E-state index in [0.717, 1.165) is 32.1 Å². The lowest BCUT2D eigenvalue weighted by molar-refractivity contribution is -0.192. The number of rotatable bonds is 17. The summed E-state index contributed by atoms with van der Waals surface area (Å²) in [5, 5.41) is 35.5. The first-order valence-electron chi connectivity index (χ1n) is 18.2. The fourth-order valence-corrected chi connectivity index (χ4v) is 9.31. The van der Waals surface area contributed by atoms with Crippen LogP contribution in [-0.2, 0) is 23.9 Å². The van der Waals surface area contributed by atoms with Crippen LogP contribution in [-0.4, -0.2) is 63.1 Å². The Morgan fingerprint density at radius 3 is 2.04 bits per heavy atom. The van der Waals surface area contributed by atoms with Crippen molar-refractivity contribution in [1.29, 1.82) is 0 Å². The second-order valence-corrected chi connectivity index (χ2v) is 15.4. The summed E-state index contributed by atoms with van der Waals surface area (Å²) >= 11 is 0. The fraction of sp³-hybridized carbons (Fsp3) is 0.816. The van der Waals surface area contributed by atoms with Crippen molar-refractivity contribution in [2.75, 3.05) is 6.61 Å². The van der Waals surface area contributed by atoms with Gasteiger partial charge < -0.3 is 24.8 Å². The molecule has 4 rings (SSSR count). The van der Waals surface area contributed by atoms with Gasteiger partial charge in [0.25, 0.3) is 0 Å². The van der Waals surface area contributed by atoms with Crippen LogP contribution in [0.1, 0.15) is 138 Å². The third-order valence-electron chi connectivity index (χ3n) is 12.0. The summed E-state index contributed by atoms with van der Waals surface area (Å²) in [6, 6.07) is 0. The minimum absolute atomic E-state index is 0.195. The zero-order valence-corrected chi connectivity index (χ0v) is 29.2. The molecule has 1 spiro atoms. The van der Waals surface area contributed by atoms with E-state index in [1.807, 2.05) is 27.7 Å². The molecule has 2 fully saturated rings. The summed E-state index contributed by atoms with van der Waals surface area (Å²) < 4.78 is 12.0. The number of unbranched alkanes of at least 4 members (excludes halogenated alkanes) is 10. The largest absolute Gasteiger partial charge is 0.461 e. The van der Waals surface area contributed by atoms with Gasteiger partial charge in [-0.25, -0.2) is 0 Å². The summed E-state index contributed by atoms with van der Waals surface area (Å²) in [6.45, 7) is 11.5. The highest BCUT2D eigenvalue weighted by Crippen LogP contribution is 2.75. The van der Waals surface area contributed by atoms with Crippen LogP contribution in [0.5, 0.6) is 0 Å². The Hall–Kier alpha value is -2.03. The number of ketones is 1. The maximum absolute atomic E-state index is 14.8. The molecule has 2 saturated carbocycles. The summed E-state index contributed by atoms with van der Waals surface area (Å²) in [5.74, 6) is -2.76. The van der Waals surface area contributed by atoms with Crippen LogP contribution >= 0.6 is 0 Å². The Morgan fingerprint density at radius 2 is 1.41 bits per heavy atom. The SMILES string of the molecule is CCCCCCCCCCCC(=O)O[C@@]12CC(C)C34C=C(C)[C@H](O)[C@@]3(O)[C@H](O)C(COC(=O)CCCCC)=C[C@H](C4=O)[C@@H]1C2(C)C. The predicted octanol–water partition coefficient (Wildman–Crippen LogP) is 6.53. The lowest BCUT2D eigenvalue weighted by Crippen LogP contribution is -2.65. The summed E-state index contributed by atoms with van der Waals surface area (Å²) in [6.07, 6.45) is 13.9. The molecule has 0 aromatic rings. The Balaban J connectivity index is 1.56. The predicted molar refractivity (Wildman–Crippen MR) is 177 cm³/mol.